The van der Waals surface area contributed by atoms with Gasteiger partial charge in [-0.25, -0.2) is 4.39 Å². The fraction of sp³-hybridized carbons (Fsp3) is 0.526. The van der Waals surface area contributed by atoms with Crippen molar-refractivity contribution in [3.8, 4) is 6.07 Å². The molecule has 1 aromatic carbocycles. The fourth-order valence-corrected chi connectivity index (χ4v) is 4.02. The predicted molar refractivity (Wildman–Crippen MR) is 93.8 cm³/mol. The monoisotopic (exact) mass is 358 g/mol. The van der Waals surface area contributed by atoms with Gasteiger partial charge in [0.05, 0.1) is 11.6 Å². The summed E-state index contributed by atoms with van der Waals surface area (Å²) in [6.07, 6.45) is 0.979. The molecule has 0 unspecified atom stereocenters. The van der Waals surface area contributed by atoms with Gasteiger partial charge in [-0.05, 0) is 38.4 Å². The molecular weight excluding hydrogens is 335 g/mol. The number of likely N-dealkylation sites (tertiary alicyclic amines) is 1. The van der Waals surface area contributed by atoms with E-state index in [9.17, 15) is 14.0 Å². The Bertz CT molecular complexity index is 745. The minimum atomic E-state index is -0.670. The van der Waals surface area contributed by atoms with Crippen LogP contribution in [0, 0.1) is 24.1 Å². The number of likely N-dealkylation sites (N-methyl/N-ethyl adjacent to an activating group) is 1. The van der Waals surface area contributed by atoms with Gasteiger partial charge < -0.3 is 9.80 Å². The van der Waals surface area contributed by atoms with Crippen molar-refractivity contribution in [2.24, 2.45) is 0 Å². The van der Waals surface area contributed by atoms with Crippen LogP contribution in [0.5, 0.6) is 0 Å². The predicted octanol–water partition coefficient (Wildman–Crippen LogP) is 1.41. The minimum Gasteiger partial charge on any atom is -0.338 e. The van der Waals surface area contributed by atoms with Crippen LogP contribution in [0.2, 0.25) is 0 Å². The fourth-order valence-electron chi connectivity index (χ4n) is 4.02. The number of hydrogen-bond acceptors (Lipinski definition) is 4. The van der Waals surface area contributed by atoms with Crippen LogP contribution in [0.25, 0.3) is 0 Å². The van der Waals surface area contributed by atoms with Gasteiger partial charge in [-0.2, -0.15) is 5.26 Å². The summed E-state index contributed by atoms with van der Waals surface area (Å²) in [4.78, 5) is 31.0. The highest BCUT2D eigenvalue weighted by molar-refractivity contribution is 5.96. The Balaban J connectivity index is 1.77. The summed E-state index contributed by atoms with van der Waals surface area (Å²) in [5.41, 5.74) is 0.0510. The number of piperazine rings is 1. The molecule has 0 saturated carbocycles. The summed E-state index contributed by atoms with van der Waals surface area (Å²) in [5, 5.41) is 8.94. The molecule has 2 amide bonds. The van der Waals surface area contributed by atoms with Crippen molar-refractivity contribution in [2.75, 3.05) is 39.8 Å². The zero-order valence-electron chi connectivity index (χ0n) is 15.2. The van der Waals surface area contributed by atoms with E-state index in [1.807, 2.05) is 18.0 Å². The SMILES string of the molecule is Cc1cccc(F)c1C(=O)N1CCC2(CC1)C(=O)N(CC#N)CCN2C. The van der Waals surface area contributed by atoms with Gasteiger partial charge in [0.2, 0.25) is 5.91 Å². The molecule has 3 rings (SSSR count). The summed E-state index contributed by atoms with van der Waals surface area (Å²) in [7, 11) is 1.92. The Labute approximate surface area is 152 Å². The smallest absolute Gasteiger partial charge is 0.257 e. The van der Waals surface area contributed by atoms with Gasteiger partial charge in [0.1, 0.15) is 17.9 Å². The molecule has 0 bridgehead atoms. The third-order valence-corrected chi connectivity index (χ3v) is 5.70. The molecule has 2 heterocycles. The molecule has 2 aliphatic rings. The van der Waals surface area contributed by atoms with Gasteiger partial charge in [0.25, 0.3) is 5.91 Å². The van der Waals surface area contributed by atoms with Crippen molar-refractivity contribution in [3.63, 3.8) is 0 Å². The average Bonchev–Trinajstić information content (AvgIpc) is 2.63. The van der Waals surface area contributed by atoms with Crippen molar-refractivity contribution >= 4 is 11.8 Å². The Morgan fingerprint density at radius 2 is 1.96 bits per heavy atom. The number of amides is 2. The molecular formula is C19H23FN4O2. The van der Waals surface area contributed by atoms with E-state index in [4.69, 9.17) is 5.26 Å². The first-order valence-electron chi connectivity index (χ1n) is 8.82. The molecule has 0 aromatic heterocycles. The van der Waals surface area contributed by atoms with Crippen molar-refractivity contribution in [1.29, 1.82) is 5.26 Å². The number of halogens is 1. The Kier molecular flexibility index (Phi) is 4.97. The number of benzene rings is 1. The molecule has 0 N–H and O–H groups in total. The maximum Gasteiger partial charge on any atom is 0.257 e. The van der Waals surface area contributed by atoms with E-state index in [1.54, 1.807) is 28.9 Å². The number of carbonyl (C=O) groups excluding carboxylic acids is 2. The topological polar surface area (TPSA) is 67.6 Å². The van der Waals surface area contributed by atoms with Crippen LogP contribution in [-0.4, -0.2) is 71.8 Å². The van der Waals surface area contributed by atoms with Crippen LogP contribution in [-0.2, 0) is 4.79 Å². The molecule has 7 heteroatoms. The van der Waals surface area contributed by atoms with Crippen LogP contribution in [0.1, 0.15) is 28.8 Å². The average molecular weight is 358 g/mol. The van der Waals surface area contributed by atoms with Crippen LogP contribution < -0.4 is 0 Å². The summed E-state index contributed by atoms with van der Waals surface area (Å²) >= 11 is 0. The lowest BCUT2D eigenvalue weighted by Crippen LogP contribution is -2.68. The van der Waals surface area contributed by atoms with Crippen LogP contribution >= 0.6 is 0 Å². The first-order valence-corrected chi connectivity index (χ1v) is 8.82. The maximum atomic E-state index is 14.1. The second-order valence-corrected chi connectivity index (χ2v) is 7.06. The molecule has 6 nitrogen and oxygen atoms in total. The number of nitriles is 1. The molecule has 0 atom stereocenters. The Morgan fingerprint density at radius 3 is 2.58 bits per heavy atom. The highest BCUT2D eigenvalue weighted by Gasteiger charge is 2.49. The lowest BCUT2D eigenvalue weighted by Gasteiger charge is -2.51. The Morgan fingerprint density at radius 1 is 1.27 bits per heavy atom. The summed E-state index contributed by atoms with van der Waals surface area (Å²) < 4.78 is 14.1. The van der Waals surface area contributed by atoms with E-state index in [0.29, 0.717) is 44.6 Å². The molecule has 2 aliphatic heterocycles. The quantitative estimate of drug-likeness (QED) is 0.750. The van der Waals surface area contributed by atoms with Crippen LogP contribution in [0.15, 0.2) is 18.2 Å². The zero-order valence-corrected chi connectivity index (χ0v) is 15.2. The third-order valence-electron chi connectivity index (χ3n) is 5.70. The molecule has 26 heavy (non-hydrogen) atoms. The van der Waals surface area contributed by atoms with Gasteiger partial charge in [-0.1, -0.05) is 12.1 Å². The van der Waals surface area contributed by atoms with Crippen molar-refractivity contribution in [1.82, 2.24) is 14.7 Å². The maximum absolute atomic E-state index is 14.1. The van der Waals surface area contributed by atoms with Gasteiger partial charge in [-0.15, -0.1) is 0 Å². The summed E-state index contributed by atoms with van der Waals surface area (Å²) in [6, 6.07) is 6.65. The second kappa shape index (κ2) is 7.04. The number of piperidine rings is 1. The van der Waals surface area contributed by atoms with Gasteiger partial charge in [0.15, 0.2) is 0 Å². The molecule has 2 fully saturated rings. The first-order chi connectivity index (χ1) is 12.4. The number of rotatable bonds is 2. The van der Waals surface area contributed by atoms with Gasteiger partial charge >= 0.3 is 0 Å². The van der Waals surface area contributed by atoms with E-state index < -0.39 is 11.4 Å². The van der Waals surface area contributed by atoms with Crippen molar-refractivity contribution in [3.05, 3.63) is 35.1 Å². The lowest BCUT2D eigenvalue weighted by atomic mass is 9.82. The van der Waals surface area contributed by atoms with Crippen LogP contribution in [0.3, 0.4) is 0 Å². The van der Waals surface area contributed by atoms with E-state index >= 15 is 0 Å². The second-order valence-electron chi connectivity index (χ2n) is 7.06. The number of aryl methyl sites for hydroxylation is 1. The first kappa shape index (κ1) is 18.3. The highest BCUT2D eigenvalue weighted by Crippen LogP contribution is 2.33. The van der Waals surface area contributed by atoms with Crippen molar-refractivity contribution in [2.45, 2.75) is 25.3 Å². The molecule has 1 spiro atoms. The van der Waals surface area contributed by atoms with E-state index in [1.165, 1.54) is 6.07 Å². The molecule has 0 radical (unpaired) electrons. The third kappa shape index (κ3) is 2.95. The summed E-state index contributed by atoms with van der Waals surface area (Å²) in [6.45, 7) is 3.84. The molecule has 138 valence electrons. The molecule has 0 aliphatic carbocycles. The van der Waals surface area contributed by atoms with Crippen molar-refractivity contribution < 1.29 is 14.0 Å². The van der Waals surface area contributed by atoms with Gasteiger partial charge in [0, 0.05) is 26.2 Å². The Hall–Kier alpha value is -2.46. The largest absolute Gasteiger partial charge is 0.338 e. The standard InChI is InChI=1S/C19H23FN4O2/c1-14-4-3-5-15(20)16(14)17(25)23-9-6-19(7-10-23)18(26)24(11-8-21)13-12-22(19)2/h3-5H,6-7,9-13H2,1-2H3. The number of hydrogen-bond donors (Lipinski definition) is 0. The number of carbonyl (C=O) groups is 2. The minimum absolute atomic E-state index is 0.0398. The molecule has 2 saturated heterocycles. The summed E-state index contributed by atoms with van der Waals surface area (Å²) in [5.74, 6) is -0.876. The van der Waals surface area contributed by atoms with Gasteiger partial charge in [-0.3, -0.25) is 14.5 Å². The van der Waals surface area contributed by atoms with Crippen LogP contribution in [0.4, 0.5) is 4.39 Å². The van der Waals surface area contributed by atoms with E-state index in [-0.39, 0.29) is 23.9 Å². The lowest BCUT2D eigenvalue weighted by molar-refractivity contribution is -0.152. The highest BCUT2D eigenvalue weighted by atomic mass is 19.1. The van der Waals surface area contributed by atoms with E-state index in [2.05, 4.69) is 0 Å². The number of nitrogens with zero attached hydrogens (tertiary/aromatic N) is 4. The molecule has 1 aromatic rings. The normalized spacial score (nSPS) is 20.3. The zero-order chi connectivity index (χ0) is 18.9. The van der Waals surface area contributed by atoms with E-state index in [0.717, 1.165) is 0 Å².